The van der Waals surface area contributed by atoms with Gasteiger partial charge in [0.2, 0.25) is 0 Å². The highest BCUT2D eigenvalue weighted by molar-refractivity contribution is 7.08. The van der Waals surface area contributed by atoms with E-state index in [4.69, 9.17) is 5.84 Å². The first-order valence-electron chi connectivity index (χ1n) is 5.64. The lowest BCUT2D eigenvalue weighted by molar-refractivity contribution is 0.547. The Balaban J connectivity index is 2.35. The number of anilines is 3. The summed E-state index contributed by atoms with van der Waals surface area (Å²) in [5.74, 6) is 7.53. The van der Waals surface area contributed by atoms with Gasteiger partial charge in [-0.2, -0.15) is 11.3 Å². The van der Waals surface area contributed by atoms with Gasteiger partial charge in [-0.25, -0.2) is 15.8 Å². The van der Waals surface area contributed by atoms with Crippen LogP contribution in [0, 0.1) is 0 Å². The van der Waals surface area contributed by atoms with Crippen LogP contribution < -0.4 is 16.6 Å². The minimum absolute atomic E-state index is 0.127. The topological polar surface area (TPSA) is 75.9 Å². The van der Waals surface area contributed by atoms with Crippen LogP contribution in [0.3, 0.4) is 0 Å². The Hall–Kier alpha value is -1.66. The number of thiophene rings is 1. The van der Waals surface area contributed by atoms with E-state index in [1.54, 1.807) is 17.4 Å². The maximum absolute atomic E-state index is 5.44. The predicted molar refractivity (Wildman–Crippen MR) is 76.1 cm³/mol. The second kappa shape index (κ2) is 4.91. The molecule has 0 aromatic carbocycles. The molecule has 6 heteroatoms. The molecule has 0 aliphatic carbocycles. The molecule has 2 aromatic heterocycles. The molecule has 0 aliphatic rings. The third-order valence-corrected chi connectivity index (χ3v) is 3.02. The lowest BCUT2D eigenvalue weighted by atomic mass is 9.96. The molecule has 5 nitrogen and oxygen atoms in total. The lowest BCUT2D eigenvalue weighted by Gasteiger charge is -2.18. The number of nitrogen functional groups attached to an aromatic ring is 1. The molecule has 0 fully saturated rings. The molecule has 2 aromatic rings. The van der Waals surface area contributed by atoms with Gasteiger partial charge in [0.05, 0.1) is 5.69 Å². The van der Waals surface area contributed by atoms with Crippen molar-refractivity contribution in [3.8, 4) is 0 Å². The molecule has 0 atom stereocenters. The molecule has 2 heterocycles. The van der Waals surface area contributed by atoms with Gasteiger partial charge in [-0.05, 0) is 11.4 Å². The van der Waals surface area contributed by atoms with Gasteiger partial charge in [-0.15, -0.1) is 0 Å². The maximum atomic E-state index is 5.44. The number of aromatic nitrogens is 2. The molecular formula is C12H17N5S. The number of nitrogens with two attached hydrogens (primary N) is 1. The number of nitrogens with zero attached hydrogens (tertiary/aromatic N) is 2. The van der Waals surface area contributed by atoms with Crippen LogP contribution in [0.2, 0.25) is 0 Å². The van der Waals surface area contributed by atoms with Gasteiger partial charge < -0.3 is 10.7 Å². The Morgan fingerprint density at radius 1 is 1.22 bits per heavy atom. The largest absolute Gasteiger partial charge is 0.339 e. The maximum Gasteiger partial charge on any atom is 0.145 e. The van der Waals surface area contributed by atoms with E-state index in [0.29, 0.717) is 5.82 Å². The van der Waals surface area contributed by atoms with Crippen LogP contribution in [0.1, 0.15) is 26.6 Å². The fourth-order valence-corrected chi connectivity index (χ4v) is 1.99. The zero-order valence-corrected chi connectivity index (χ0v) is 11.5. The molecule has 0 unspecified atom stereocenters. The van der Waals surface area contributed by atoms with Crippen LogP contribution in [0.4, 0.5) is 17.3 Å². The van der Waals surface area contributed by atoms with E-state index in [-0.39, 0.29) is 5.41 Å². The van der Waals surface area contributed by atoms with E-state index >= 15 is 0 Å². The van der Waals surface area contributed by atoms with Gasteiger partial charge in [0.25, 0.3) is 0 Å². The Morgan fingerprint density at radius 3 is 2.50 bits per heavy atom. The molecule has 0 amide bonds. The predicted octanol–water partition coefficient (Wildman–Crippen LogP) is 2.86. The zero-order valence-electron chi connectivity index (χ0n) is 10.7. The quantitative estimate of drug-likeness (QED) is 0.586. The number of rotatable bonds is 3. The van der Waals surface area contributed by atoms with E-state index < -0.39 is 0 Å². The minimum Gasteiger partial charge on any atom is -0.339 e. The summed E-state index contributed by atoms with van der Waals surface area (Å²) < 4.78 is 0. The van der Waals surface area contributed by atoms with Crippen LogP contribution in [-0.4, -0.2) is 9.97 Å². The molecule has 0 saturated carbocycles. The Kier molecular flexibility index (Phi) is 3.49. The van der Waals surface area contributed by atoms with Gasteiger partial charge in [-0.3, -0.25) is 0 Å². The summed E-state index contributed by atoms with van der Waals surface area (Å²) in [5.41, 5.74) is 3.46. The summed E-state index contributed by atoms with van der Waals surface area (Å²) >= 11 is 1.63. The lowest BCUT2D eigenvalue weighted by Crippen LogP contribution is -2.19. The van der Waals surface area contributed by atoms with Crippen molar-refractivity contribution in [3.63, 3.8) is 0 Å². The molecule has 4 N–H and O–H groups in total. The summed E-state index contributed by atoms with van der Waals surface area (Å²) in [6.45, 7) is 6.20. The normalized spacial score (nSPS) is 11.3. The number of hydrogen-bond donors (Lipinski definition) is 3. The van der Waals surface area contributed by atoms with Crippen molar-refractivity contribution in [3.05, 3.63) is 28.7 Å². The molecular weight excluding hydrogens is 246 g/mol. The summed E-state index contributed by atoms with van der Waals surface area (Å²) in [6.07, 6.45) is 0. The molecule has 18 heavy (non-hydrogen) atoms. The van der Waals surface area contributed by atoms with Gasteiger partial charge in [-0.1, -0.05) is 20.8 Å². The Bertz CT molecular complexity index is 516. The first-order valence-corrected chi connectivity index (χ1v) is 6.59. The van der Waals surface area contributed by atoms with Crippen LogP contribution in [0.25, 0.3) is 0 Å². The SMILES string of the molecule is CC(C)(C)c1nc(NN)cc(Nc2ccsc2)n1. The van der Waals surface area contributed by atoms with E-state index in [1.165, 1.54) is 0 Å². The molecule has 0 saturated heterocycles. The minimum atomic E-state index is -0.127. The van der Waals surface area contributed by atoms with Gasteiger partial charge in [0.15, 0.2) is 0 Å². The van der Waals surface area contributed by atoms with E-state index in [1.807, 2.05) is 16.8 Å². The van der Waals surface area contributed by atoms with Crippen molar-refractivity contribution in [2.45, 2.75) is 26.2 Å². The highest BCUT2D eigenvalue weighted by Gasteiger charge is 2.19. The highest BCUT2D eigenvalue weighted by Crippen LogP contribution is 2.24. The van der Waals surface area contributed by atoms with Crippen LogP contribution in [-0.2, 0) is 5.41 Å². The summed E-state index contributed by atoms with van der Waals surface area (Å²) in [5, 5.41) is 7.27. The third kappa shape index (κ3) is 2.96. The van der Waals surface area contributed by atoms with Crippen molar-refractivity contribution in [2.75, 3.05) is 10.7 Å². The van der Waals surface area contributed by atoms with E-state index in [2.05, 4.69) is 41.5 Å². The molecule has 0 bridgehead atoms. The first-order chi connectivity index (χ1) is 8.49. The third-order valence-electron chi connectivity index (χ3n) is 2.34. The molecule has 0 aliphatic heterocycles. The average molecular weight is 263 g/mol. The smallest absolute Gasteiger partial charge is 0.145 e. The molecule has 96 valence electrons. The first kappa shape index (κ1) is 12.8. The van der Waals surface area contributed by atoms with E-state index in [0.717, 1.165) is 17.3 Å². The summed E-state index contributed by atoms with van der Waals surface area (Å²) in [6, 6.07) is 3.78. The number of nitrogens with one attached hydrogen (secondary N) is 2. The summed E-state index contributed by atoms with van der Waals surface area (Å²) in [4.78, 5) is 8.88. The second-order valence-electron chi connectivity index (χ2n) is 4.99. The average Bonchev–Trinajstić information content (AvgIpc) is 2.80. The van der Waals surface area contributed by atoms with Crippen molar-refractivity contribution < 1.29 is 0 Å². The van der Waals surface area contributed by atoms with Crippen LogP contribution >= 0.6 is 11.3 Å². The van der Waals surface area contributed by atoms with Crippen molar-refractivity contribution in [1.82, 2.24) is 9.97 Å². The van der Waals surface area contributed by atoms with Gasteiger partial charge in [0, 0.05) is 16.9 Å². The fourth-order valence-electron chi connectivity index (χ4n) is 1.40. The van der Waals surface area contributed by atoms with E-state index in [9.17, 15) is 0 Å². The highest BCUT2D eigenvalue weighted by atomic mass is 32.1. The second-order valence-corrected chi connectivity index (χ2v) is 5.77. The monoisotopic (exact) mass is 263 g/mol. The standard InChI is InChI=1S/C12H17N5S/c1-12(2,3)11-15-9(6-10(16-11)17-13)14-8-4-5-18-7-8/h4-7H,13H2,1-3H3,(H2,14,15,16,17). The van der Waals surface area contributed by atoms with Crippen LogP contribution in [0.5, 0.6) is 0 Å². The molecule has 0 radical (unpaired) electrons. The van der Waals surface area contributed by atoms with Crippen molar-refractivity contribution >= 4 is 28.7 Å². The number of hydrazine groups is 1. The van der Waals surface area contributed by atoms with Crippen molar-refractivity contribution in [2.24, 2.45) is 5.84 Å². The number of hydrogen-bond acceptors (Lipinski definition) is 6. The van der Waals surface area contributed by atoms with Gasteiger partial charge in [0.1, 0.15) is 17.5 Å². The summed E-state index contributed by atoms with van der Waals surface area (Å²) in [7, 11) is 0. The Labute approximate surface area is 110 Å². The Morgan fingerprint density at radius 2 is 1.94 bits per heavy atom. The van der Waals surface area contributed by atoms with Gasteiger partial charge >= 0.3 is 0 Å². The molecule has 0 spiro atoms. The van der Waals surface area contributed by atoms with Crippen LogP contribution in [0.15, 0.2) is 22.9 Å². The molecule has 2 rings (SSSR count). The van der Waals surface area contributed by atoms with Crippen molar-refractivity contribution in [1.29, 1.82) is 0 Å². The zero-order chi connectivity index (χ0) is 13.2. The fraction of sp³-hybridized carbons (Fsp3) is 0.333.